The van der Waals surface area contributed by atoms with Crippen LogP contribution in [-0.4, -0.2) is 29.1 Å². The van der Waals surface area contributed by atoms with Gasteiger partial charge in [0.05, 0.1) is 0 Å². The Morgan fingerprint density at radius 3 is 2.12 bits per heavy atom. The van der Waals surface area contributed by atoms with Crippen molar-refractivity contribution in [3.05, 3.63) is 71.8 Å². The summed E-state index contributed by atoms with van der Waals surface area (Å²) in [5, 5.41) is 0. The van der Waals surface area contributed by atoms with Crippen molar-refractivity contribution in [3.63, 3.8) is 0 Å². The topological polar surface area (TPSA) is 75.8 Å². The molecule has 1 fully saturated rings. The van der Waals surface area contributed by atoms with Crippen LogP contribution in [-0.2, 0) is 15.1 Å². The van der Waals surface area contributed by atoms with Gasteiger partial charge in [-0.1, -0.05) is 92.8 Å². The van der Waals surface area contributed by atoms with Crippen molar-refractivity contribution in [1.29, 1.82) is 0 Å². The third-order valence-electron chi connectivity index (χ3n) is 6.83. The van der Waals surface area contributed by atoms with Crippen LogP contribution in [0.1, 0.15) is 68.9 Å². The Kier molecular flexibility index (Phi) is 7.03. The fraction of sp³-hybridized carbons (Fsp3) is 0.444. The van der Waals surface area contributed by atoms with E-state index in [4.69, 9.17) is 10.7 Å². The number of hydrogen-bond acceptors (Lipinski definition) is 4. The van der Waals surface area contributed by atoms with Crippen molar-refractivity contribution in [2.75, 3.05) is 6.54 Å². The van der Waals surface area contributed by atoms with Gasteiger partial charge in [-0.25, -0.2) is 4.99 Å². The van der Waals surface area contributed by atoms with Crippen molar-refractivity contribution in [2.24, 2.45) is 16.6 Å². The number of nitrogens with two attached hydrogens (primary N) is 1. The molecule has 5 nitrogen and oxygen atoms in total. The molecule has 1 heterocycles. The first-order valence-electron chi connectivity index (χ1n) is 11.9. The predicted octanol–water partition coefficient (Wildman–Crippen LogP) is 4.80. The van der Waals surface area contributed by atoms with Gasteiger partial charge in [-0.3, -0.25) is 14.5 Å². The summed E-state index contributed by atoms with van der Waals surface area (Å²) in [4.78, 5) is 32.2. The highest BCUT2D eigenvalue weighted by Crippen LogP contribution is 2.39. The van der Waals surface area contributed by atoms with E-state index < -0.39 is 5.54 Å². The fourth-order valence-electron chi connectivity index (χ4n) is 5.10. The van der Waals surface area contributed by atoms with Gasteiger partial charge in [0.1, 0.15) is 5.78 Å². The summed E-state index contributed by atoms with van der Waals surface area (Å²) in [5.41, 5.74) is 6.78. The second-order valence-electron chi connectivity index (χ2n) is 9.07. The molecule has 0 aromatic heterocycles. The zero-order chi connectivity index (χ0) is 22.4. The van der Waals surface area contributed by atoms with Crippen molar-refractivity contribution in [2.45, 2.75) is 63.3 Å². The number of aliphatic imine (C=N–C) groups is 1. The first kappa shape index (κ1) is 22.3. The van der Waals surface area contributed by atoms with Crippen LogP contribution in [0, 0.1) is 5.92 Å². The van der Waals surface area contributed by atoms with Crippen LogP contribution in [0.2, 0.25) is 0 Å². The van der Waals surface area contributed by atoms with Crippen LogP contribution < -0.4 is 5.73 Å². The van der Waals surface area contributed by atoms with Gasteiger partial charge < -0.3 is 5.73 Å². The zero-order valence-corrected chi connectivity index (χ0v) is 18.7. The van der Waals surface area contributed by atoms with Gasteiger partial charge in [0, 0.05) is 19.4 Å². The smallest absolute Gasteiger partial charge is 0.266 e. The lowest BCUT2D eigenvalue weighted by molar-refractivity contribution is -0.130. The molecule has 0 atom stereocenters. The average molecular weight is 432 g/mol. The number of nitrogens with zero attached hydrogens (tertiary/aromatic N) is 2. The van der Waals surface area contributed by atoms with Gasteiger partial charge >= 0.3 is 0 Å². The summed E-state index contributed by atoms with van der Waals surface area (Å²) in [6.45, 7) is 0.520. The normalized spacial score (nSPS) is 18.2. The maximum absolute atomic E-state index is 13.7. The van der Waals surface area contributed by atoms with Crippen molar-refractivity contribution in [3.8, 4) is 0 Å². The monoisotopic (exact) mass is 431 g/mol. The van der Waals surface area contributed by atoms with Crippen LogP contribution in [0.5, 0.6) is 0 Å². The molecule has 5 heteroatoms. The van der Waals surface area contributed by atoms with E-state index in [1.165, 1.54) is 25.7 Å². The molecule has 0 bridgehead atoms. The number of hydrogen-bond donors (Lipinski definition) is 1. The van der Waals surface area contributed by atoms with E-state index >= 15 is 0 Å². The molecule has 2 aliphatic rings. The van der Waals surface area contributed by atoms with Crippen molar-refractivity contribution < 1.29 is 9.59 Å². The summed E-state index contributed by atoms with van der Waals surface area (Å²) in [6.07, 6.45) is 8.95. The molecule has 2 aromatic carbocycles. The molecule has 32 heavy (non-hydrogen) atoms. The molecule has 0 unspecified atom stereocenters. The minimum Gasteiger partial charge on any atom is -0.369 e. The highest BCUT2D eigenvalue weighted by Gasteiger charge is 2.50. The van der Waals surface area contributed by atoms with Crippen molar-refractivity contribution in [1.82, 2.24) is 4.90 Å². The van der Waals surface area contributed by atoms with Crippen LogP contribution >= 0.6 is 0 Å². The molecule has 0 spiro atoms. The molecule has 1 saturated carbocycles. The molecule has 1 aliphatic heterocycles. The van der Waals surface area contributed by atoms with Gasteiger partial charge in [-0.15, -0.1) is 0 Å². The quantitative estimate of drug-likeness (QED) is 0.549. The largest absolute Gasteiger partial charge is 0.369 e. The average Bonchev–Trinajstić information content (AvgIpc) is 3.41. The zero-order valence-electron chi connectivity index (χ0n) is 18.7. The molecular formula is C27H33N3O2. The van der Waals surface area contributed by atoms with Gasteiger partial charge in [0.15, 0.2) is 11.5 Å². The summed E-state index contributed by atoms with van der Waals surface area (Å²) in [7, 11) is 0. The number of benzene rings is 2. The molecule has 1 amide bonds. The Balaban J connectivity index is 1.37. The van der Waals surface area contributed by atoms with Gasteiger partial charge in [-0.05, 0) is 29.9 Å². The second-order valence-corrected chi connectivity index (χ2v) is 9.07. The molecule has 2 N–H and O–H groups in total. The lowest BCUT2D eigenvalue weighted by Crippen LogP contribution is -2.44. The number of guanidine groups is 1. The Morgan fingerprint density at radius 1 is 0.938 bits per heavy atom. The summed E-state index contributed by atoms with van der Waals surface area (Å²) in [5.74, 6) is 1.16. The van der Waals surface area contributed by atoms with E-state index in [2.05, 4.69) is 0 Å². The molecular weight excluding hydrogens is 398 g/mol. The number of rotatable bonds is 10. The van der Waals surface area contributed by atoms with Crippen LogP contribution in [0.15, 0.2) is 65.7 Å². The van der Waals surface area contributed by atoms with E-state index in [1.807, 2.05) is 60.7 Å². The van der Waals surface area contributed by atoms with Crippen LogP contribution in [0.3, 0.4) is 0 Å². The molecule has 1 aliphatic carbocycles. The molecule has 2 aromatic rings. The second kappa shape index (κ2) is 10.1. The Hall–Kier alpha value is -2.95. The van der Waals surface area contributed by atoms with E-state index in [0.717, 1.165) is 36.8 Å². The minimum atomic E-state index is -1.14. The number of ketones is 1. The van der Waals surface area contributed by atoms with Crippen molar-refractivity contribution >= 4 is 17.6 Å². The Labute approximate surface area is 190 Å². The Morgan fingerprint density at radius 2 is 1.53 bits per heavy atom. The number of carbonyl (C=O) groups excluding carboxylic acids is 2. The highest BCUT2D eigenvalue weighted by atomic mass is 16.2. The van der Waals surface area contributed by atoms with Gasteiger partial charge in [0.2, 0.25) is 0 Å². The van der Waals surface area contributed by atoms with Crippen LogP contribution in [0.4, 0.5) is 0 Å². The van der Waals surface area contributed by atoms with Gasteiger partial charge in [0.25, 0.3) is 5.91 Å². The lowest BCUT2D eigenvalue weighted by Gasteiger charge is -2.27. The number of carbonyl (C=O) groups is 2. The first-order valence-corrected chi connectivity index (χ1v) is 11.9. The summed E-state index contributed by atoms with van der Waals surface area (Å²) < 4.78 is 0. The van der Waals surface area contributed by atoms with Gasteiger partial charge in [-0.2, -0.15) is 0 Å². The number of unbranched alkanes of at least 4 members (excludes halogenated alkanes) is 2. The van der Waals surface area contributed by atoms with E-state index in [0.29, 0.717) is 24.7 Å². The fourth-order valence-corrected chi connectivity index (χ4v) is 5.10. The number of amides is 1. The van der Waals surface area contributed by atoms with E-state index in [-0.39, 0.29) is 11.9 Å². The Bertz CT molecular complexity index is 910. The maximum atomic E-state index is 13.7. The molecule has 168 valence electrons. The SMILES string of the molecule is NC1=NC(c2ccccc2)(c2ccccc2)C(=O)N1CCCCCC(=O)CC1CCCC1. The molecule has 0 saturated heterocycles. The first-order chi connectivity index (χ1) is 15.6. The number of Topliss-reactive ketones (excluding diaryl/α,β-unsaturated/α-hetero) is 1. The van der Waals surface area contributed by atoms with E-state index in [1.54, 1.807) is 4.90 Å². The standard InChI is InChI=1S/C27H33N3O2/c28-26-29-27(22-14-4-1-5-15-22,23-16-6-2-7-17-23)25(32)30(26)19-11-3-8-18-24(31)20-21-12-9-10-13-21/h1-2,4-7,14-17,21H,3,8-13,18-20H2,(H2,28,29). The van der Waals surface area contributed by atoms with E-state index in [9.17, 15) is 9.59 Å². The lowest BCUT2D eigenvalue weighted by atomic mass is 9.83. The predicted molar refractivity (Wildman–Crippen MR) is 127 cm³/mol. The maximum Gasteiger partial charge on any atom is 0.266 e. The summed E-state index contributed by atoms with van der Waals surface area (Å²) >= 11 is 0. The molecule has 4 rings (SSSR count). The van der Waals surface area contributed by atoms with Crippen LogP contribution in [0.25, 0.3) is 0 Å². The third-order valence-corrected chi connectivity index (χ3v) is 6.83. The minimum absolute atomic E-state index is 0.107. The highest BCUT2D eigenvalue weighted by molar-refractivity contribution is 6.09. The third kappa shape index (κ3) is 4.62. The summed E-state index contributed by atoms with van der Waals surface area (Å²) in [6, 6.07) is 19.3. The molecule has 0 radical (unpaired) electrons.